The lowest BCUT2D eigenvalue weighted by Gasteiger charge is -2.38. The van der Waals surface area contributed by atoms with Gasteiger partial charge < -0.3 is 19.7 Å². The molecule has 1 saturated carbocycles. The molecule has 1 fully saturated rings. The molecule has 2 aliphatic rings. The molecule has 0 bridgehead atoms. The number of ether oxygens (including phenoxy) is 2. The van der Waals surface area contributed by atoms with Gasteiger partial charge in [0.1, 0.15) is 12.8 Å². The molecular weight excluding hydrogens is 340 g/mol. The lowest BCUT2D eigenvalue weighted by Crippen LogP contribution is -2.44. The minimum atomic E-state index is -0.224. The molecule has 1 heterocycles. The van der Waals surface area contributed by atoms with Crippen molar-refractivity contribution in [2.45, 2.75) is 32.0 Å². The molecule has 1 aliphatic carbocycles. The van der Waals surface area contributed by atoms with Gasteiger partial charge in [-0.05, 0) is 55.2 Å². The lowest BCUT2D eigenvalue weighted by atomic mass is 10.0. The first-order valence-corrected chi connectivity index (χ1v) is 9.22. The number of nitrogens with zero attached hydrogens (tertiary/aromatic N) is 1. The number of carbonyl (C=O) groups is 1. The van der Waals surface area contributed by atoms with Crippen LogP contribution in [-0.2, 0) is 0 Å². The summed E-state index contributed by atoms with van der Waals surface area (Å²) in [5.41, 5.74) is 3.50. The lowest BCUT2D eigenvalue weighted by molar-refractivity contribution is 0.0666. The second-order valence-corrected chi connectivity index (χ2v) is 7.19. The predicted molar refractivity (Wildman–Crippen MR) is 105 cm³/mol. The van der Waals surface area contributed by atoms with Crippen LogP contribution < -0.4 is 14.8 Å². The summed E-state index contributed by atoms with van der Waals surface area (Å²) in [5, 5.41) is 3.54. The monoisotopic (exact) mass is 364 g/mol. The van der Waals surface area contributed by atoms with Gasteiger partial charge in [0.25, 0.3) is 5.91 Å². The SMILES string of the molecule is C=C(C)COc1cc([C@@H]2Nc3ccccc3C(=O)N2C2CC2)ccc1OC. The highest BCUT2D eigenvalue weighted by Gasteiger charge is 2.42. The van der Waals surface area contributed by atoms with Gasteiger partial charge in [-0.3, -0.25) is 4.79 Å². The minimum Gasteiger partial charge on any atom is -0.493 e. The van der Waals surface area contributed by atoms with Crippen molar-refractivity contribution >= 4 is 11.6 Å². The summed E-state index contributed by atoms with van der Waals surface area (Å²) in [7, 11) is 1.62. The number of amides is 1. The molecule has 2 aromatic rings. The highest BCUT2D eigenvalue weighted by atomic mass is 16.5. The Balaban J connectivity index is 1.71. The molecule has 0 spiro atoms. The van der Waals surface area contributed by atoms with Crippen molar-refractivity contribution < 1.29 is 14.3 Å². The van der Waals surface area contributed by atoms with Crippen molar-refractivity contribution in [3.63, 3.8) is 0 Å². The molecule has 5 nitrogen and oxygen atoms in total. The molecule has 5 heteroatoms. The smallest absolute Gasteiger partial charge is 0.258 e. The van der Waals surface area contributed by atoms with E-state index in [0.717, 1.165) is 35.2 Å². The third-order valence-electron chi connectivity index (χ3n) is 4.88. The second kappa shape index (κ2) is 6.99. The number of methoxy groups -OCH3 is 1. The molecular formula is C22H24N2O3. The fourth-order valence-electron chi connectivity index (χ4n) is 3.42. The minimum absolute atomic E-state index is 0.0806. The van der Waals surface area contributed by atoms with Gasteiger partial charge >= 0.3 is 0 Å². The summed E-state index contributed by atoms with van der Waals surface area (Å²) in [4.78, 5) is 15.1. The molecule has 27 heavy (non-hydrogen) atoms. The van der Waals surface area contributed by atoms with Crippen LogP contribution in [0.2, 0.25) is 0 Å². The maximum atomic E-state index is 13.1. The van der Waals surface area contributed by atoms with E-state index >= 15 is 0 Å². The number of fused-ring (bicyclic) bond motifs is 1. The number of anilines is 1. The van der Waals surface area contributed by atoms with Gasteiger partial charge in [0.15, 0.2) is 11.5 Å². The Hall–Kier alpha value is -2.95. The number of carbonyl (C=O) groups excluding carboxylic acids is 1. The molecule has 0 aromatic heterocycles. The van der Waals surface area contributed by atoms with E-state index in [9.17, 15) is 4.79 Å². The van der Waals surface area contributed by atoms with Crippen molar-refractivity contribution in [1.82, 2.24) is 4.90 Å². The third kappa shape index (κ3) is 3.37. The summed E-state index contributed by atoms with van der Waals surface area (Å²) in [6.07, 6.45) is 1.86. The molecule has 1 aliphatic heterocycles. The maximum absolute atomic E-state index is 13.1. The molecule has 0 radical (unpaired) electrons. The Labute approximate surface area is 159 Å². The summed E-state index contributed by atoms with van der Waals surface area (Å²) >= 11 is 0. The maximum Gasteiger partial charge on any atom is 0.258 e. The number of para-hydroxylation sites is 1. The van der Waals surface area contributed by atoms with Crippen LogP contribution in [0.15, 0.2) is 54.6 Å². The van der Waals surface area contributed by atoms with E-state index in [4.69, 9.17) is 9.47 Å². The average Bonchev–Trinajstić information content (AvgIpc) is 3.51. The first-order valence-electron chi connectivity index (χ1n) is 9.22. The van der Waals surface area contributed by atoms with E-state index in [0.29, 0.717) is 18.1 Å². The molecule has 2 aromatic carbocycles. The van der Waals surface area contributed by atoms with Crippen molar-refractivity contribution in [3.05, 3.63) is 65.7 Å². The van der Waals surface area contributed by atoms with Gasteiger partial charge in [0.05, 0.1) is 12.7 Å². The van der Waals surface area contributed by atoms with E-state index in [2.05, 4.69) is 11.9 Å². The van der Waals surface area contributed by atoms with E-state index in [1.54, 1.807) is 7.11 Å². The Morgan fingerprint density at radius 2 is 2.00 bits per heavy atom. The molecule has 1 amide bonds. The van der Waals surface area contributed by atoms with Crippen LogP contribution in [0.1, 0.15) is 41.9 Å². The van der Waals surface area contributed by atoms with Crippen molar-refractivity contribution in [3.8, 4) is 11.5 Å². The van der Waals surface area contributed by atoms with Crippen LogP contribution in [0.3, 0.4) is 0 Å². The second-order valence-electron chi connectivity index (χ2n) is 7.19. The number of hydrogen-bond donors (Lipinski definition) is 1. The normalized spacial score (nSPS) is 18.5. The van der Waals surface area contributed by atoms with Gasteiger partial charge in [-0.15, -0.1) is 0 Å². The Kier molecular flexibility index (Phi) is 4.52. The fourth-order valence-corrected chi connectivity index (χ4v) is 3.42. The van der Waals surface area contributed by atoms with Crippen LogP contribution in [0.25, 0.3) is 0 Å². The first-order chi connectivity index (χ1) is 13.1. The van der Waals surface area contributed by atoms with Gasteiger partial charge in [-0.25, -0.2) is 0 Å². The Morgan fingerprint density at radius 1 is 1.22 bits per heavy atom. The summed E-state index contributed by atoms with van der Waals surface area (Å²) in [6, 6.07) is 13.8. The zero-order valence-corrected chi connectivity index (χ0v) is 15.7. The zero-order chi connectivity index (χ0) is 19.0. The molecule has 4 rings (SSSR count). The van der Waals surface area contributed by atoms with Crippen molar-refractivity contribution in [2.75, 3.05) is 19.0 Å². The predicted octanol–water partition coefficient (Wildman–Crippen LogP) is 4.38. The van der Waals surface area contributed by atoms with Gasteiger partial charge in [-0.1, -0.05) is 24.8 Å². The van der Waals surface area contributed by atoms with Gasteiger partial charge in [0, 0.05) is 11.7 Å². The van der Waals surface area contributed by atoms with E-state index < -0.39 is 0 Å². The van der Waals surface area contributed by atoms with Crippen LogP contribution in [0, 0.1) is 0 Å². The number of nitrogens with one attached hydrogen (secondary N) is 1. The molecule has 0 saturated heterocycles. The van der Waals surface area contributed by atoms with Crippen LogP contribution in [0.4, 0.5) is 5.69 Å². The van der Waals surface area contributed by atoms with E-state index in [1.165, 1.54) is 0 Å². The quantitative estimate of drug-likeness (QED) is 0.773. The number of hydrogen-bond acceptors (Lipinski definition) is 4. The fraction of sp³-hybridized carbons (Fsp3) is 0.318. The Bertz CT molecular complexity index is 889. The van der Waals surface area contributed by atoms with Crippen LogP contribution >= 0.6 is 0 Å². The average molecular weight is 364 g/mol. The number of benzene rings is 2. The highest BCUT2D eigenvalue weighted by Crippen LogP contribution is 2.42. The van der Waals surface area contributed by atoms with Crippen molar-refractivity contribution in [2.24, 2.45) is 0 Å². The summed E-state index contributed by atoms with van der Waals surface area (Å²) in [5.74, 6) is 1.40. The van der Waals surface area contributed by atoms with Crippen molar-refractivity contribution in [1.29, 1.82) is 0 Å². The molecule has 0 unspecified atom stereocenters. The summed E-state index contributed by atoms with van der Waals surface area (Å²) < 4.78 is 11.3. The first kappa shape index (κ1) is 17.5. The van der Waals surface area contributed by atoms with Crippen LogP contribution in [-0.4, -0.2) is 30.6 Å². The van der Waals surface area contributed by atoms with E-state index in [-0.39, 0.29) is 18.1 Å². The highest BCUT2D eigenvalue weighted by molar-refractivity contribution is 6.02. The summed E-state index contributed by atoms with van der Waals surface area (Å²) in [6.45, 7) is 6.23. The number of rotatable bonds is 6. The topological polar surface area (TPSA) is 50.8 Å². The van der Waals surface area contributed by atoms with Crippen LogP contribution in [0.5, 0.6) is 11.5 Å². The zero-order valence-electron chi connectivity index (χ0n) is 15.7. The Morgan fingerprint density at radius 3 is 2.70 bits per heavy atom. The van der Waals surface area contributed by atoms with E-state index in [1.807, 2.05) is 54.3 Å². The molecule has 1 N–H and O–H groups in total. The van der Waals surface area contributed by atoms with Gasteiger partial charge in [0.2, 0.25) is 0 Å². The molecule has 140 valence electrons. The third-order valence-corrected chi connectivity index (χ3v) is 4.88. The van der Waals surface area contributed by atoms with Gasteiger partial charge in [-0.2, -0.15) is 0 Å². The molecule has 1 atom stereocenters. The largest absolute Gasteiger partial charge is 0.493 e. The standard InChI is InChI=1S/C22H24N2O3/c1-14(2)13-27-20-12-15(8-11-19(20)26-3)21-23-18-7-5-4-6-17(18)22(25)24(21)16-9-10-16/h4-8,11-12,16,21,23H,1,9-10,13H2,2-3H3/t21-/m1/s1.